The molecule has 1 heterocycles. The number of aliphatic carboxylic acids is 1. The van der Waals surface area contributed by atoms with E-state index in [0.29, 0.717) is 49.7 Å². The van der Waals surface area contributed by atoms with Gasteiger partial charge in [0.25, 0.3) is 0 Å². The monoisotopic (exact) mass is 401 g/mol. The van der Waals surface area contributed by atoms with E-state index >= 15 is 0 Å². The molecule has 0 fully saturated rings. The number of carboxylic acid groups (broad SMARTS) is 1. The van der Waals surface area contributed by atoms with Gasteiger partial charge in [-0.3, -0.25) is 14.4 Å². The lowest BCUT2D eigenvalue weighted by atomic mass is 9.70. The highest BCUT2D eigenvalue weighted by Crippen LogP contribution is 2.50. The summed E-state index contributed by atoms with van der Waals surface area (Å²) in [6.07, 6.45) is 3.65. The SMILES string of the molecule is O=C(O)CN1C2=C(C(=O)CCC2)C(c2cccc3ccccc23)C2=C1CCCC2=O. The largest absolute Gasteiger partial charge is 0.480 e. The van der Waals surface area contributed by atoms with Crippen molar-refractivity contribution in [3.8, 4) is 0 Å². The first-order valence-electron chi connectivity index (χ1n) is 10.6. The van der Waals surface area contributed by atoms with Gasteiger partial charge in [-0.25, -0.2) is 0 Å². The maximum atomic E-state index is 13.2. The molecule has 0 bridgehead atoms. The molecule has 5 nitrogen and oxygen atoms in total. The maximum absolute atomic E-state index is 13.2. The third-order valence-corrected chi connectivity index (χ3v) is 6.51. The number of fused-ring (bicyclic) bond motifs is 1. The number of nitrogens with zero attached hydrogens (tertiary/aromatic N) is 1. The Labute approximate surface area is 174 Å². The minimum atomic E-state index is -0.951. The van der Waals surface area contributed by atoms with Crippen molar-refractivity contribution in [2.45, 2.75) is 44.4 Å². The van der Waals surface area contributed by atoms with E-state index < -0.39 is 11.9 Å². The highest BCUT2D eigenvalue weighted by Gasteiger charge is 2.43. The molecule has 1 aliphatic heterocycles. The minimum absolute atomic E-state index is 0.0366. The number of Topliss-reactive ketones (excluding diaryl/α,β-unsaturated/α-hetero) is 2. The van der Waals surface area contributed by atoms with Crippen LogP contribution in [0.25, 0.3) is 10.8 Å². The Kier molecular flexibility index (Phi) is 4.54. The van der Waals surface area contributed by atoms with Gasteiger partial charge < -0.3 is 10.0 Å². The molecule has 3 aliphatic rings. The zero-order valence-corrected chi connectivity index (χ0v) is 16.7. The Morgan fingerprint density at radius 3 is 2.10 bits per heavy atom. The summed E-state index contributed by atoms with van der Waals surface area (Å²) in [6, 6.07) is 14.1. The van der Waals surface area contributed by atoms with Gasteiger partial charge in [-0.05, 0) is 42.0 Å². The average molecular weight is 401 g/mol. The van der Waals surface area contributed by atoms with Gasteiger partial charge in [-0.2, -0.15) is 0 Å². The third-order valence-electron chi connectivity index (χ3n) is 6.51. The number of rotatable bonds is 3. The van der Waals surface area contributed by atoms with Crippen molar-refractivity contribution in [1.82, 2.24) is 4.90 Å². The van der Waals surface area contributed by atoms with E-state index in [-0.39, 0.29) is 18.1 Å². The zero-order chi connectivity index (χ0) is 20.8. The predicted molar refractivity (Wildman–Crippen MR) is 113 cm³/mol. The van der Waals surface area contributed by atoms with E-state index in [2.05, 4.69) is 0 Å². The number of carbonyl (C=O) groups is 3. The molecule has 2 aromatic carbocycles. The maximum Gasteiger partial charge on any atom is 0.323 e. The summed E-state index contributed by atoms with van der Waals surface area (Å²) in [6.45, 7) is -0.208. The second-order valence-electron chi connectivity index (χ2n) is 8.26. The number of carbonyl (C=O) groups excluding carboxylic acids is 2. The standard InChI is InChI=1S/C25H23NO4/c27-20-12-4-10-18-24(20)23(17-9-3-7-15-6-1-2-8-16(15)17)25-19(11-5-13-21(25)28)26(18)14-22(29)30/h1-3,6-9,23H,4-5,10-14H2,(H,29,30). The van der Waals surface area contributed by atoms with Crippen molar-refractivity contribution < 1.29 is 19.5 Å². The molecule has 0 amide bonds. The molecule has 2 aliphatic carbocycles. The fourth-order valence-corrected chi connectivity index (χ4v) is 5.36. The van der Waals surface area contributed by atoms with Gasteiger partial charge in [0.15, 0.2) is 11.6 Å². The first-order chi connectivity index (χ1) is 14.6. The Bertz CT molecular complexity index is 1110. The molecule has 0 radical (unpaired) electrons. The average Bonchev–Trinajstić information content (AvgIpc) is 2.74. The lowest BCUT2D eigenvalue weighted by Crippen LogP contribution is -2.41. The number of hydrogen-bond donors (Lipinski definition) is 1. The first kappa shape index (κ1) is 18.8. The number of carboxylic acids is 1. The van der Waals surface area contributed by atoms with Gasteiger partial charge in [-0.15, -0.1) is 0 Å². The van der Waals surface area contributed by atoms with Crippen LogP contribution in [-0.2, 0) is 14.4 Å². The zero-order valence-electron chi connectivity index (χ0n) is 16.7. The van der Waals surface area contributed by atoms with E-state index in [9.17, 15) is 19.5 Å². The molecule has 152 valence electrons. The molecule has 0 aromatic heterocycles. The lowest BCUT2D eigenvalue weighted by molar-refractivity contribution is -0.138. The van der Waals surface area contributed by atoms with Crippen LogP contribution in [0.2, 0.25) is 0 Å². The summed E-state index contributed by atoms with van der Waals surface area (Å²) in [5.74, 6) is -1.29. The second kappa shape index (κ2) is 7.24. The predicted octanol–water partition coefficient (Wildman–Crippen LogP) is 4.34. The minimum Gasteiger partial charge on any atom is -0.480 e. The molecule has 30 heavy (non-hydrogen) atoms. The number of benzene rings is 2. The Hall–Kier alpha value is -3.21. The van der Waals surface area contributed by atoms with Crippen LogP contribution in [-0.4, -0.2) is 34.1 Å². The van der Waals surface area contributed by atoms with Crippen LogP contribution >= 0.6 is 0 Å². The van der Waals surface area contributed by atoms with Gasteiger partial charge >= 0.3 is 5.97 Å². The third kappa shape index (κ3) is 2.88. The van der Waals surface area contributed by atoms with Gasteiger partial charge in [0.05, 0.1) is 0 Å². The molecule has 2 aromatic rings. The fourth-order valence-electron chi connectivity index (χ4n) is 5.36. The fraction of sp³-hybridized carbons (Fsp3) is 0.320. The number of hydrogen-bond acceptors (Lipinski definition) is 4. The summed E-state index contributed by atoms with van der Waals surface area (Å²) in [5, 5.41) is 11.6. The highest BCUT2D eigenvalue weighted by molar-refractivity contribution is 6.07. The molecular formula is C25H23NO4. The van der Waals surface area contributed by atoms with Gasteiger partial charge in [-0.1, -0.05) is 42.5 Å². The summed E-state index contributed by atoms with van der Waals surface area (Å²) in [7, 11) is 0. The second-order valence-corrected chi connectivity index (χ2v) is 8.26. The van der Waals surface area contributed by atoms with Crippen molar-refractivity contribution in [2.75, 3.05) is 6.54 Å². The number of allylic oxidation sites excluding steroid dienone is 4. The molecule has 0 spiro atoms. The van der Waals surface area contributed by atoms with Gasteiger partial charge in [0, 0.05) is 41.3 Å². The summed E-state index contributed by atoms with van der Waals surface area (Å²) >= 11 is 0. The van der Waals surface area contributed by atoms with Crippen molar-refractivity contribution >= 4 is 28.3 Å². The quantitative estimate of drug-likeness (QED) is 0.828. The molecule has 0 saturated carbocycles. The van der Waals surface area contributed by atoms with Crippen molar-refractivity contribution in [3.05, 3.63) is 70.6 Å². The van der Waals surface area contributed by atoms with Crippen LogP contribution in [0, 0.1) is 0 Å². The summed E-state index contributed by atoms with van der Waals surface area (Å²) in [5.41, 5.74) is 3.84. The molecule has 0 unspecified atom stereocenters. The van der Waals surface area contributed by atoms with Gasteiger partial charge in [0.1, 0.15) is 6.54 Å². The molecular weight excluding hydrogens is 378 g/mol. The van der Waals surface area contributed by atoms with Crippen molar-refractivity contribution in [3.63, 3.8) is 0 Å². The summed E-state index contributed by atoms with van der Waals surface area (Å²) < 4.78 is 0. The normalized spacial score (nSPS) is 19.9. The van der Waals surface area contributed by atoms with E-state index in [1.807, 2.05) is 42.5 Å². The topological polar surface area (TPSA) is 74.7 Å². The van der Waals surface area contributed by atoms with Crippen LogP contribution in [0.3, 0.4) is 0 Å². The molecule has 5 heteroatoms. The van der Waals surface area contributed by atoms with E-state index in [4.69, 9.17) is 0 Å². The molecule has 0 saturated heterocycles. The van der Waals surface area contributed by atoms with E-state index in [1.165, 1.54) is 0 Å². The Balaban J connectivity index is 1.81. The van der Waals surface area contributed by atoms with Crippen molar-refractivity contribution in [1.29, 1.82) is 0 Å². The van der Waals surface area contributed by atoms with Crippen molar-refractivity contribution in [2.24, 2.45) is 0 Å². The highest BCUT2D eigenvalue weighted by atomic mass is 16.4. The lowest BCUT2D eigenvalue weighted by Gasteiger charge is -2.43. The Morgan fingerprint density at radius 2 is 1.47 bits per heavy atom. The van der Waals surface area contributed by atoms with E-state index in [0.717, 1.165) is 27.7 Å². The molecule has 0 atom stereocenters. The number of ketones is 2. The van der Waals surface area contributed by atoms with Crippen LogP contribution in [0.5, 0.6) is 0 Å². The van der Waals surface area contributed by atoms with Crippen LogP contribution in [0.1, 0.15) is 50.0 Å². The van der Waals surface area contributed by atoms with Crippen LogP contribution < -0.4 is 0 Å². The first-order valence-corrected chi connectivity index (χ1v) is 10.6. The van der Waals surface area contributed by atoms with E-state index in [1.54, 1.807) is 4.90 Å². The Morgan fingerprint density at radius 1 is 0.867 bits per heavy atom. The summed E-state index contributed by atoms with van der Waals surface area (Å²) in [4.78, 5) is 39.8. The smallest absolute Gasteiger partial charge is 0.323 e. The van der Waals surface area contributed by atoms with Gasteiger partial charge in [0.2, 0.25) is 0 Å². The van der Waals surface area contributed by atoms with Crippen LogP contribution in [0.4, 0.5) is 0 Å². The molecule has 1 N–H and O–H groups in total. The molecule has 5 rings (SSSR count). The van der Waals surface area contributed by atoms with Crippen LogP contribution in [0.15, 0.2) is 65.0 Å².